The fourth-order valence-electron chi connectivity index (χ4n) is 2.10. The number of thiazole rings is 1. The molecule has 0 radical (unpaired) electrons. The maximum Gasteiger partial charge on any atom is 0.434 e. The second kappa shape index (κ2) is 8.80. The third kappa shape index (κ3) is 4.95. The zero-order valence-corrected chi connectivity index (χ0v) is 18.4. The molecule has 2 aromatic heterocycles. The van der Waals surface area contributed by atoms with E-state index in [9.17, 15) is 13.2 Å². The molecule has 3 rings (SSSR count). The van der Waals surface area contributed by atoms with Crippen molar-refractivity contribution in [1.29, 1.82) is 0 Å². The first-order valence-corrected chi connectivity index (χ1v) is 11.2. The summed E-state index contributed by atoms with van der Waals surface area (Å²) in [6.07, 6.45) is -2.79. The number of rotatable bonds is 6. The molecule has 0 amide bonds. The molecular formula is C14H9Cl3F3N5S3. The van der Waals surface area contributed by atoms with Gasteiger partial charge in [0.2, 0.25) is 0 Å². The van der Waals surface area contributed by atoms with Crippen molar-refractivity contribution in [3.8, 4) is 0 Å². The largest absolute Gasteiger partial charge is 0.434 e. The van der Waals surface area contributed by atoms with Gasteiger partial charge in [-0.3, -0.25) is 0 Å². The van der Waals surface area contributed by atoms with E-state index in [4.69, 9.17) is 34.8 Å². The summed E-state index contributed by atoms with van der Waals surface area (Å²) in [6, 6.07) is 2.86. The average molecular weight is 507 g/mol. The van der Waals surface area contributed by atoms with Crippen molar-refractivity contribution in [2.24, 2.45) is 0 Å². The number of hydrogen-bond acceptors (Lipinski definition) is 8. The predicted octanol–water partition coefficient (Wildman–Crippen LogP) is 7.05. The fourth-order valence-corrected chi connectivity index (χ4v) is 5.04. The first-order valence-electron chi connectivity index (χ1n) is 7.27. The van der Waals surface area contributed by atoms with Gasteiger partial charge in [0.1, 0.15) is 4.21 Å². The molecule has 28 heavy (non-hydrogen) atoms. The number of benzene rings is 1. The summed E-state index contributed by atoms with van der Waals surface area (Å²) in [5.41, 5.74) is -0.773. The monoisotopic (exact) mass is 505 g/mol. The number of hydrogen-bond donors (Lipinski definition) is 2. The van der Waals surface area contributed by atoms with Gasteiger partial charge in [-0.1, -0.05) is 50.6 Å². The van der Waals surface area contributed by atoms with E-state index in [2.05, 4.69) is 25.2 Å². The molecule has 0 unspecified atom stereocenters. The topological polar surface area (TPSA) is 62.7 Å². The van der Waals surface area contributed by atoms with Gasteiger partial charge in [0.15, 0.2) is 16.6 Å². The van der Waals surface area contributed by atoms with E-state index in [0.717, 1.165) is 27.1 Å². The van der Waals surface area contributed by atoms with Gasteiger partial charge in [-0.05, 0) is 29.9 Å². The molecule has 2 N–H and O–H groups in total. The Labute approximate surface area is 184 Å². The molecule has 3 aromatic rings. The van der Waals surface area contributed by atoms with E-state index in [-0.39, 0.29) is 32.3 Å². The third-order valence-electron chi connectivity index (χ3n) is 3.26. The van der Waals surface area contributed by atoms with E-state index in [0.29, 0.717) is 10.8 Å². The summed E-state index contributed by atoms with van der Waals surface area (Å²) >= 11 is 21.4. The highest BCUT2D eigenvalue weighted by molar-refractivity contribution is 8.00. The van der Waals surface area contributed by atoms with E-state index in [1.54, 1.807) is 0 Å². The van der Waals surface area contributed by atoms with Crippen LogP contribution in [0.25, 0.3) is 0 Å². The maximum atomic E-state index is 13.4. The molecule has 5 nitrogen and oxygen atoms in total. The van der Waals surface area contributed by atoms with Gasteiger partial charge in [0.05, 0.1) is 27.2 Å². The normalized spacial score (nSPS) is 11.7. The number of anilines is 3. The van der Waals surface area contributed by atoms with Crippen LogP contribution in [0.2, 0.25) is 15.1 Å². The van der Waals surface area contributed by atoms with E-state index in [1.165, 1.54) is 23.9 Å². The summed E-state index contributed by atoms with van der Waals surface area (Å²) in [7, 11) is 0. The molecule has 2 heterocycles. The summed E-state index contributed by atoms with van der Waals surface area (Å²) < 4.78 is 44.8. The minimum Gasteiger partial charge on any atom is -0.362 e. The number of alkyl halides is 3. The average Bonchev–Trinajstić information content (AvgIpc) is 3.22. The first kappa shape index (κ1) is 21.7. The summed E-state index contributed by atoms with van der Waals surface area (Å²) in [5.74, 6) is 0.428. The second-order valence-electron chi connectivity index (χ2n) is 5.12. The molecule has 0 atom stereocenters. The van der Waals surface area contributed by atoms with Gasteiger partial charge in [0.25, 0.3) is 0 Å². The van der Waals surface area contributed by atoms with Crippen molar-refractivity contribution >= 4 is 86.1 Å². The van der Waals surface area contributed by atoms with Crippen LogP contribution < -0.4 is 10.6 Å². The number of nitrogens with zero attached hydrogens (tertiary/aromatic N) is 3. The zero-order chi connectivity index (χ0) is 20.5. The minimum absolute atomic E-state index is 0.00302. The molecule has 0 saturated heterocycles. The Kier molecular flexibility index (Phi) is 6.83. The highest BCUT2D eigenvalue weighted by Crippen LogP contribution is 2.40. The predicted molar refractivity (Wildman–Crippen MR) is 111 cm³/mol. The van der Waals surface area contributed by atoms with Crippen LogP contribution >= 0.6 is 69.4 Å². The lowest BCUT2D eigenvalue weighted by Gasteiger charge is -2.08. The van der Waals surface area contributed by atoms with Crippen molar-refractivity contribution in [3.05, 3.63) is 37.8 Å². The molecule has 14 heteroatoms. The number of nitrogens with one attached hydrogen (secondary N) is 2. The van der Waals surface area contributed by atoms with Crippen LogP contribution in [0.3, 0.4) is 0 Å². The Hall–Kier alpha value is -0.980. The van der Waals surface area contributed by atoms with Crippen LogP contribution in [0.1, 0.15) is 10.6 Å². The molecule has 0 bridgehead atoms. The van der Waals surface area contributed by atoms with Crippen molar-refractivity contribution in [2.75, 3.05) is 16.9 Å². The molecule has 1 aromatic carbocycles. The Morgan fingerprint density at radius 2 is 1.86 bits per heavy atom. The zero-order valence-electron chi connectivity index (χ0n) is 13.7. The minimum atomic E-state index is -4.62. The maximum absolute atomic E-state index is 13.4. The highest BCUT2D eigenvalue weighted by atomic mass is 35.5. The van der Waals surface area contributed by atoms with E-state index in [1.807, 2.05) is 6.26 Å². The van der Waals surface area contributed by atoms with E-state index < -0.39 is 11.9 Å². The van der Waals surface area contributed by atoms with Crippen molar-refractivity contribution in [2.45, 2.75) is 16.9 Å². The van der Waals surface area contributed by atoms with Crippen molar-refractivity contribution in [1.82, 2.24) is 14.6 Å². The van der Waals surface area contributed by atoms with E-state index >= 15 is 0 Å². The van der Waals surface area contributed by atoms with Crippen molar-refractivity contribution in [3.63, 3.8) is 0 Å². The van der Waals surface area contributed by atoms with Crippen LogP contribution in [-0.4, -0.2) is 20.8 Å². The third-order valence-corrected chi connectivity index (χ3v) is 6.86. The first-order chi connectivity index (χ1) is 13.2. The summed E-state index contributed by atoms with van der Waals surface area (Å²) in [4.78, 5) is 3.66. The van der Waals surface area contributed by atoms with Crippen LogP contribution in [0.5, 0.6) is 0 Å². The van der Waals surface area contributed by atoms with Gasteiger partial charge >= 0.3 is 6.18 Å². The summed E-state index contributed by atoms with van der Waals surface area (Å²) in [6.45, 7) is -0.116. The SMILES string of the molecule is CSc1snnc1NCc1sc(Nc2c(Cl)cc(Cl)cc2Cl)nc1C(F)(F)F. The second-order valence-corrected chi connectivity index (χ2v) is 9.29. The lowest BCUT2D eigenvalue weighted by atomic mass is 10.3. The Morgan fingerprint density at radius 1 is 1.18 bits per heavy atom. The molecule has 0 spiro atoms. The molecule has 0 aliphatic heterocycles. The van der Waals surface area contributed by atoms with Gasteiger partial charge in [-0.2, -0.15) is 13.2 Å². The van der Waals surface area contributed by atoms with Crippen LogP contribution in [0.4, 0.5) is 29.8 Å². The lowest BCUT2D eigenvalue weighted by Crippen LogP contribution is -2.11. The molecule has 0 aliphatic rings. The molecule has 0 fully saturated rings. The van der Waals surface area contributed by atoms with Gasteiger partial charge < -0.3 is 10.6 Å². The van der Waals surface area contributed by atoms with Gasteiger partial charge in [0, 0.05) is 5.02 Å². The van der Waals surface area contributed by atoms with Crippen LogP contribution in [0.15, 0.2) is 16.3 Å². The van der Waals surface area contributed by atoms with Gasteiger partial charge in [-0.25, -0.2) is 4.98 Å². The molecule has 150 valence electrons. The number of halogens is 6. The lowest BCUT2D eigenvalue weighted by molar-refractivity contribution is -0.141. The van der Waals surface area contributed by atoms with Gasteiger partial charge in [-0.15, -0.1) is 16.9 Å². The van der Waals surface area contributed by atoms with Crippen molar-refractivity contribution < 1.29 is 13.2 Å². The quantitative estimate of drug-likeness (QED) is 0.349. The summed E-state index contributed by atoms with van der Waals surface area (Å²) in [5, 5.41) is 10.1. The highest BCUT2D eigenvalue weighted by Gasteiger charge is 2.37. The standard InChI is InChI=1S/C14H9Cl3F3N5S3/c1-26-12-11(24-25-28-12)21-4-8-10(14(18,19)20)23-13(27-8)22-9-6(16)2-5(15)3-7(9)17/h2-3,21H,4H2,1H3,(H,22,23). The molecule has 0 aliphatic carbocycles. The number of aromatic nitrogens is 3. The Balaban J connectivity index is 1.88. The Morgan fingerprint density at radius 3 is 2.46 bits per heavy atom. The van der Waals surface area contributed by atoms with Crippen LogP contribution in [-0.2, 0) is 12.7 Å². The fraction of sp³-hybridized carbons (Fsp3) is 0.214. The number of thioether (sulfide) groups is 1. The smallest absolute Gasteiger partial charge is 0.362 e. The van der Waals surface area contributed by atoms with Crippen LogP contribution in [0, 0.1) is 0 Å². The Bertz CT molecular complexity index is 969. The molecule has 0 saturated carbocycles. The molecular weight excluding hydrogens is 498 g/mol.